The maximum Gasteiger partial charge on any atom is 0.0173 e. The molecule has 1 aliphatic heterocycles. The molecule has 0 atom stereocenters. The third-order valence-electron chi connectivity index (χ3n) is 4.58. The third-order valence-corrected chi connectivity index (χ3v) is 4.58. The molecule has 0 unspecified atom stereocenters. The Morgan fingerprint density at radius 2 is 1.35 bits per heavy atom. The first-order valence-corrected chi connectivity index (χ1v) is 7.30. The summed E-state index contributed by atoms with van der Waals surface area (Å²) in [4.78, 5) is 5.32. The van der Waals surface area contributed by atoms with Crippen LogP contribution in [0.25, 0.3) is 0 Å². The molecule has 0 aromatic heterocycles. The lowest BCUT2D eigenvalue weighted by molar-refractivity contribution is -0.0604. The second-order valence-electron chi connectivity index (χ2n) is 6.65. The summed E-state index contributed by atoms with van der Waals surface area (Å²) in [5, 5.41) is 0. The van der Waals surface area contributed by atoms with Crippen molar-refractivity contribution in [2.24, 2.45) is 0 Å². The maximum atomic E-state index is 2.68. The van der Waals surface area contributed by atoms with Gasteiger partial charge in [-0.15, -0.1) is 0 Å². The molecule has 17 heavy (non-hydrogen) atoms. The molecule has 0 aromatic rings. The summed E-state index contributed by atoms with van der Waals surface area (Å²) in [6.07, 6.45) is 2.60. The average molecular weight is 240 g/mol. The molecule has 1 fully saturated rings. The van der Waals surface area contributed by atoms with Gasteiger partial charge in [0, 0.05) is 17.1 Å². The normalized spacial score (nSPS) is 25.4. The van der Waals surface area contributed by atoms with Gasteiger partial charge in [0.05, 0.1) is 0 Å². The Balaban J connectivity index is 2.90. The van der Waals surface area contributed by atoms with Crippen LogP contribution in [0, 0.1) is 0 Å². The van der Waals surface area contributed by atoms with Crippen LogP contribution in [0.15, 0.2) is 0 Å². The molecule has 1 heterocycles. The second-order valence-corrected chi connectivity index (χ2v) is 6.65. The minimum atomic E-state index is 0.323. The molecule has 0 amide bonds. The van der Waals surface area contributed by atoms with Gasteiger partial charge in [0.2, 0.25) is 0 Å². The van der Waals surface area contributed by atoms with E-state index in [1.165, 1.54) is 25.9 Å². The van der Waals surface area contributed by atoms with Crippen LogP contribution in [0.3, 0.4) is 0 Å². The Bertz CT molecular complexity index is 223. The number of piperidine rings is 1. The zero-order valence-corrected chi connectivity index (χ0v) is 13.0. The van der Waals surface area contributed by atoms with Crippen molar-refractivity contribution in [3.63, 3.8) is 0 Å². The van der Waals surface area contributed by atoms with Crippen molar-refractivity contribution in [1.29, 1.82) is 0 Å². The SMILES string of the molecule is CCN(CC)C1CC(C)(C)N(CC)C(C)(C)C1. The van der Waals surface area contributed by atoms with Crippen molar-refractivity contribution in [2.45, 2.75) is 78.4 Å². The Hall–Kier alpha value is -0.0800. The molecule has 0 radical (unpaired) electrons. The minimum absolute atomic E-state index is 0.323. The molecule has 0 aromatic carbocycles. The Labute approximate surface area is 108 Å². The lowest BCUT2D eigenvalue weighted by Crippen LogP contribution is -2.64. The maximum absolute atomic E-state index is 2.68. The lowest BCUT2D eigenvalue weighted by atomic mass is 9.76. The van der Waals surface area contributed by atoms with E-state index in [1.807, 2.05) is 0 Å². The highest BCUT2D eigenvalue weighted by atomic mass is 15.3. The predicted octanol–water partition coefficient (Wildman–Crippen LogP) is 3.37. The van der Waals surface area contributed by atoms with Crippen molar-refractivity contribution in [3.8, 4) is 0 Å². The zero-order valence-electron chi connectivity index (χ0n) is 13.0. The molecular formula is C15H32N2. The van der Waals surface area contributed by atoms with Gasteiger partial charge in [0.15, 0.2) is 0 Å². The van der Waals surface area contributed by atoms with E-state index in [0.717, 1.165) is 12.6 Å². The van der Waals surface area contributed by atoms with Gasteiger partial charge in [-0.3, -0.25) is 4.90 Å². The number of hydrogen-bond donors (Lipinski definition) is 0. The molecule has 0 aliphatic carbocycles. The van der Waals surface area contributed by atoms with E-state index in [2.05, 4.69) is 58.3 Å². The number of rotatable bonds is 4. The van der Waals surface area contributed by atoms with Gasteiger partial charge in [-0.2, -0.15) is 0 Å². The van der Waals surface area contributed by atoms with E-state index < -0.39 is 0 Å². The summed E-state index contributed by atoms with van der Waals surface area (Å²) in [5.41, 5.74) is 0.646. The van der Waals surface area contributed by atoms with Crippen LogP contribution < -0.4 is 0 Å². The molecule has 0 saturated carbocycles. The topological polar surface area (TPSA) is 6.48 Å². The average Bonchev–Trinajstić information content (AvgIpc) is 2.16. The highest BCUT2D eigenvalue weighted by Crippen LogP contribution is 2.39. The Morgan fingerprint density at radius 1 is 0.941 bits per heavy atom. The molecule has 2 heteroatoms. The quantitative estimate of drug-likeness (QED) is 0.743. The second kappa shape index (κ2) is 5.27. The first kappa shape index (κ1) is 15.0. The van der Waals surface area contributed by atoms with Crippen molar-refractivity contribution in [3.05, 3.63) is 0 Å². The first-order chi connectivity index (χ1) is 7.78. The van der Waals surface area contributed by atoms with E-state index in [9.17, 15) is 0 Å². The summed E-state index contributed by atoms with van der Waals surface area (Å²) in [6, 6.07) is 0.748. The number of hydrogen-bond acceptors (Lipinski definition) is 2. The molecule has 0 N–H and O–H groups in total. The summed E-state index contributed by atoms with van der Waals surface area (Å²) in [7, 11) is 0. The van der Waals surface area contributed by atoms with Crippen molar-refractivity contribution in [2.75, 3.05) is 19.6 Å². The third kappa shape index (κ3) is 3.03. The van der Waals surface area contributed by atoms with Crippen molar-refractivity contribution >= 4 is 0 Å². The first-order valence-electron chi connectivity index (χ1n) is 7.30. The molecule has 1 rings (SSSR count). The van der Waals surface area contributed by atoms with Gasteiger partial charge in [-0.25, -0.2) is 0 Å². The smallest absolute Gasteiger partial charge is 0.0173 e. The van der Waals surface area contributed by atoms with Crippen LogP contribution in [0.5, 0.6) is 0 Å². The van der Waals surface area contributed by atoms with Gasteiger partial charge in [0.25, 0.3) is 0 Å². The van der Waals surface area contributed by atoms with Crippen LogP contribution >= 0.6 is 0 Å². The van der Waals surface area contributed by atoms with E-state index >= 15 is 0 Å². The largest absolute Gasteiger partial charge is 0.301 e. The molecule has 1 aliphatic rings. The molecule has 2 nitrogen and oxygen atoms in total. The van der Waals surface area contributed by atoms with Crippen LogP contribution in [0.2, 0.25) is 0 Å². The fourth-order valence-electron chi connectivity index (χ4n) is 4.12. The lowest BCUT2D eigenvalue weighted by Gasteiger charge is -2.56. The van der Waals surface area contributed by atoms with Crippen LogP contribution in [0.4, 0.5) is 0 Å². The minimum Gasteiger partial charge on any atom is -0.301 e. The Morgan fingerprint density at radius 3 is 1.65 bits per heavy atom. The molecule has 1 saturated heterocycles. The molecular weight excluding hydrogens is 208 g/mol. The van der Waals surface area contributed by atoms with E-state index in [-0.39, 0.29) is 0 Å². The molecule has 0 bridgehead atoms. The van der Waals surface area contributed by atoms with Crippen LogP contribution in [-0.2, 0) is 0 Å². The summed E-state index contributed by atoms with van der Waals surface area (Å²) >= 11 is 0. The number of nitrogens with zero attached hydrogens (tertiary/aromatic N) is 2. The van der Waals surface area contributed by atoms with Crippen molar-refractivity contribution in [1.82, 2.24) is 9.80 Å². The highest BCUT2D eigenvalue weighted by Gasteiger charge is 2.45. The Kier molecular flexibility index (Phi) is 4.65. The molecule has 0 spiro atoms. The van der Waals surface area contributed by atoms with Crippen LogP contribution in [-0.4, -0.2) is 46.6 Å². The van der Waals surface area contributed by atoms with Gasteiger partial charge in [-0.1, -0.05) is 20.8 Å². The monoisotopic (exact) mass is 240 g/mol. The van der Waals surface area contributed by atoms with Gasteiger partial charge in [-0.05, 0) is 60.2 Å². The van der Waals surface area contributed by atoms with E-state index in [0.29, 0.717) is 11.1 Å². The van der Waals surface area contributed by atoms with E-state index in [1.54, 1.807) is 0 Å². The van der Waals surface area contributed by atoms with Gasteiger partial charge in [0.1, 0.15) is 0 Å². The molecule has 102 valence electrons. The standard InChI is InChI=1S/C15H32N2/c1-8-16(9-2)13-11-14(4,5)17(10-3)15(6,7)12-13/h13H,8-12H2,1-7H3. The van der Waals surface area contributed by atoms with Gasteiger partial charge < -0.3 is 4.90 Å². The predicted molar refractivity (Wildman–Crippen MR) is 76.5 cm³/mol. The van der Waals surface area contributed by atoms with E-state index in [4.69, 9.17) is 0 Å². The number of likely N-dealkylation sites (tertiary alicyclic amines) is 1. The fraction of sp³-hybridized carbons (Fsp3) is 1.00. The van der Waals surface area contributed by atoms with Crippen LogP contribution in [0.1, 0.15) is 61.3 Å². The zero-order chi connectivity index (χ0) is 13.3. The highest BCUT2D eigenvalue weighted by molar-refractivity contribution is 5.02. The summed E-state index contributed by atoms with van der Waals surface area (Å²) < 4.78 is 0. The van der Waals surface area contributed by atoms with Crippen molar-refractivity contribution < 1.29 is 0 Å². The summed E-state index contributed by atoms with van der Waals surface area (Å²) in [6.45, 7) is 20.0. The van der Waals surface area contributed by atoms with Gasteiger partial charge >= 0.3 is 0 Å². The fourth-order valence-corrected chi connectivity index (χ4v) is 4.12. The summed E-state index contributed by atoms with van der Waals surface area (Å²) in [5.74, 6) is 0.